The van der Waals surface area contributed by atoms with Crippen LogP contribution < -0.4 is 10.6 Å². The summed E-state index contributed by atoms with van der Waals surface area (Å²) in [5.41, 5.74) is 3.71. The molecule has 2 aromatic carbocycles. The second-order valence-corrected chi connectivity index (χ2v) is 5.00. The topological polar surface area (TPSA) is 24.1 Å². The number of rotatable bonds is 5. The van der Waals surface area contributed by atoms with Gasteiger partial charge in [0.05, 0.1) is 0 Å². The van der Waals surface area contributed by atoms with Gasteiger partial charge in [-0.3, -0.25) is 0 Å². The van der Waals surface area contributed by atoms with Crippen LogP contribution in [0.5, 0.6) is 0 Å². The van der Waals surface area contributed by atoms with Gasteiger partial charge in [0.1, 0.15) is 0 Å². The van der Waals surface area contributed by atoms with Crippen LogP contribution in [0.25, 0.3) is 0 Å². The molecule has 18 heavy (non-hydrogen) atoms. The average molecular weight is 305 g/mol. The van der Waals surface area contributed by atoms with E-state index in [9.17, 15) is 0 Å². The van der Waals surface area contributed by atoms with Gasteiger partial charge in [0.25, 0.3) is 0 Å². The van der Waals surface area contributed by atoms with Crippen LogP contribution in [0, 0.1) is 0 Å². The van der Waals surface area contributed by atoms with E-state index >= 15 is 0 Å². The number of benzene rings is 2. The van der Waals surface area contributed by atoms with E-state index in [0.717, 1.165) is 23.2 Å². The van der Waals surface area contributed by atoms with E-state index in [1.54, 1.807) is 0 Å². The van der Waals surface area contributed by atoms with Crippen molar-refractivity contribution in [3.8, 4) is 0 Å². The first kappa shape index (κ1) is 13.1. The molecule has 0 spiro atoms. The predicted molar refractivity (Wildman–Crippen MR) is 80.7 cm³/mol. The third-order valence-corrected chi connectivity index (χ3v) is 3.59. The first-order valence-corrected chi connectivity index (χ1v) is 6.79. The summed E-state index contributed by atoms with van der Waals surface area (Å²) in [7, 11) is 1.94. The molecule has 2 aromatic rings. The molecule has 0 aliphatic rings. The lowest BCUT2D eigenvalue weighted by atomic mass is 10.2. The summed E-state index contributed by atoms with van der Waals surface area (Å²) in [6.07, 6.45) is 0. The molecule has 0 aromatic heterocycles. The molecule has 0 atom stereocenters. The van der Waals surface area contributed by atoms with Crippen LogP contribution >= 0.6 is 15.9 Å². The maximum Gasteiger partial charge on any atom is 0.0340 e. The van der Waals surface area contributed by atoms with Crippen LogP contribution in [0.3, 0.4) is 0 Å². The number of hydrogen-bond donors (Lipinski definition) is 2. The molecule has 0 unspecified atom stereocenters. The van der Waals surface area contributed by atoms with Gasteiger partial charge in [-0.1, -0.05) is 46.3 Å². The molecule has 0 bridgehead atoms. The monoisotopic (exact) mass is 304 g/mol. The molecule has 0 amide bonds. The van der Waals surface area contributed by atoms with Gasteiger partial charge in [-0.2, -0.15) is 0 Å². The second-order valence-electron chi connectivity index (χ2n) is 4.15. The highest BCUT2D eigenvalue weighted by Gasteiger charge is 1.98. The summed E-state index contributed by atoms with van der Waals surface area (Å²) < 4.78 is 1.15. The fourth-order valence-electron chi connectivity index (χ4n) is 1.82. The summed E-state index contributed by atoms with van der Waals surface area (Å²) in [6, 6.07) is 16.7. The molecular formula is C15H17BrN2. The standard InChI is InChI=1S/C15H17BrN2/c1-17-14-7-4-5-12(9-14)10-18-11-13-6-2-3-8-15(13)16/h2-9,17-18H,10-11H2,1H3. The first-order valence-electron chi connectivity index (χ1n) is 6.00. The van der Waals surface area contributed by atoms with Crippen molar-refractivity contribution in [2.24, 2.45) is 0 Å². The molecule has 0 aliphatic carbocycles. The quantitative estimate of drug-likeness (QED) is 0.878. The highest BCUT2D eigenvalue weighted by molar-refractivity contribution is 9.10. The summed E-state index contributed by atoms with van der Waals surface area (Å²) in [6.45, 7) is 1.74. The van der Waals surface area contributed by atoms with E-state index in [4.69, 9.17) is 0 Å². The van der Waals surface area contributed by atoms with E-state index in [1.807, 2.05) is 13.1 Å². The van der Waals surface area contributed by atoms with E-state index in [-0.39, 0.29) is 0 Å². The lowest BCUT2D eigenvalue weighted by Gasteiger charge is -2.08. The van der Waals surface area contributed by atoms with E-state index in [0.29, 0.717) is 0 Å². The number of hydrogen-bond acceptors (Lipinski definition) is 2. The van der Waals surface area contributed by atoms with Crippen LogP contribution in [0.1, 0.15) is 11.1 Å². The molecule has 0 saturated carbocycles. The lowest BCUT2D eigenvalue weighted by molar-refractivity contribution is 0.692. The smallest absolute Gasteiger partial charge is 0.0340 e. The first-order chi connectivity index (χ1) is 8.79. The van der Waals surface area contributed by atoms with Crippen LogP contribution in [0.2, 0.25) is 0 Å². The molecule has 0 fully saturated rings. The van der Waals surface area contributed by atoms with Crippen LogP contribution in [0.4, 0.5) is 5.69 Å². The summed E-state index contributed by atoms with van der Waals surface area (Å²) in [5.74, 6) is 0. The molecular weight excluding hydrogens is 288 g/mol. The third-order valence-electron chi connectivity index (χ3n) is 2.82. The fraction of sp³-hybridized carbons (Fsp3) is 0.200. The zero-order valence-corrected chi connectivity index (χ0v) is 12.0. The van der Waals surface area contributed by atoms with Gasteiger partial charge in [-0.05, 0) is 29.3 Å². The van der Waals surface area contributed by atoms with Crippen LogP contribution in [0.15, 0.2) is 53.0 Å². The van der Waals surface area contributed by atoms with Crippen molar-refractivity contribution in [1.82, 2.24) is 5.32 Å². The average Bonchev–Trinajstić information content (AvgIpc) is 2.41. The predicted octanol–water partition coefficient (Wildman–Crippen LogP) is 3.78. The normalized spacial score (nSPS) is 10.3. The minimum Gasteiger partial charge on any atom is -0.388 e. The molecule has 0 saturated heterocycles. The van der Waals surface area contributed by atoms with Crippen molar-refractivity contribution in [1.29, 1.82) is 0 Å². The van der Waals surface area contributed by atoms with Crippen molar-refractivity contribution in [2.75, 3.05) is 12.4 Å². The van der Waals surface area contributed by atoms with Gasteiger partial charge >= 0.3 is 0 Å². The number of nitrogens with one attached hydrogen (secondary N) is 2. The SMILES string of the molecule is CNc1cccc(CNCc2ccccc2Br)c1. The van der Waals surface area contributed by atoms with E-state index in [2.05, 4.69) is 69.0 Å². The van der Waals surface area contributed by atoms with Gasteiger partial charge in [0, 0.05) is 30.3 Å². The number of anilines is 1. The zero-order valence-electron chi connectivity index (χ0n) is 10.4. The Morgan fingerprint density at radius 3 is 2.61 bits per heavy atom. The zero-order chi connectivity index (χ0) is 12.8. The van der Waals surface area contributed by atoms with E-state index < -0.39 is 0 Å². The molecule has 2 rings (SSSR count). The Balaban J connectivity index is 1.90. The van der Waals surface area contributed by atoms with Gasteiger partial charge in [0.2, 0.25) is 0 Å². The van der Waals surface area contributed by atoms with Crippen LogP contribution in [-0.4, -0.2) is 7.05 Å². The Hall–Kier alpha value is -1.32. The van der Waals surface area contributed by atoms with E-state index in [1.165, 1.54) is 11.1 Å². The molecule has 2 N–H and O–H groups in total. The van der Waals surface area contributed by atoms with Crippen LogP contribution in [-0.2, 0) is 13.1 Å². The molecule has 94 valence electrons. The van der Waals surface area contributed by atoms with Crippen molar-refractivity contribution in [3.05, 3.63) is 64.1 Å². The second kappa shape index (κ2) is 6.57. The molecule has 3 heteroatoms. The van der Waals surface area contributed by atoms with Gasteiger partial charge in [0.15, 0.2) is 0 Å². The molecule has 2 nitrogen and oxygen atoms in total. The van der Waals surface area contributed by atoms with Crippen molar-refractivity contribution >= 4 is 21.6 Å². The Bertz CT molecular complexity index is 511. The highest BCUT2D eigenvalue weighted by Crippen LogP contribution is 2.15. The lowest BCUT2D eigenvalue weighted by Crippen LogP contribution is -2.13. The Morgan fingerprint density at radius 1 is 1.00 bits per heavy atom. The Kier molecular flexibility index (Phi) is 4.79. The minimum atomic E-state index is 0.866. The Morgan fingerprint density at radius 2 is 1.83 bits per heavy atom. The van der Waals surface area contributed by atoms with Gasteiger partial charge < -0.3 is 10.6 Å². The number of halogens is 1. The molecule has 0 aliphatic heterocycles. The maximum atomic E-state index is 3.56. The molecule has 0 radical (unpaired) electrons. The van der Waals surface area contributed by atoms with Gasteiger partial charge in [-0.15, -0.1) is 0 Å². The molecule has 0 heterocycles. The summed E-state index contributed by atoms with van der Waals surface area (Å²) in [5, 5.41) is 6.60. The fourth-order valence-corrected chi connectivity index (χ4v) is 2.25. The minimum absolute atomic E-state index is 0.866. The summed E-state index contributed by atoms with van der Waals surface area (Å²) >= 11 is 3.56. The Labute approximate surface area is 117 Å². The third kappa shape index (κ3) is 3.59. The largest absolute Gasteiger partial charge is 0.388 e. The maximum absolute atomic E-state index is 3.56. The van der Waals surface area contributed by atoms with Crippen molar-refractivity contribution in [3.63, 3.8) is 0 Å². The summed E-state index contributed by atoms with van der Waals surface area (Å²) in [4.78, 5) is 0. The van der Waals surface area contributed by atoms with Crippen molar-refractivity contribution < 1.29 is 0 Å². The highest BCUT2D eigenvalue weighted by atomic mass is 79.9. The van der Waals surface area contributed by atoms with Gasteiger partial charge in [-0.25, -0.2) is 0 Å². The van der Waals surface area contributed by atoms with Crippen molar-refractivity contribution in [2.45, 2.75) is 13.1 Å².